The van der Waals surface area contributed by atoms with Crippen molar-refractivity contribution in [1.82, 2.24) is 9.55 Å². The lowest BCUT2D eigenvalue weighted by Crippen LogP contribution is -2.26. The lowest BCUT2D eigenvalue weighted by molar-refractivity contribution is 0.186. The Morgan fingerprint density at radius 3 is 2.74 bits per heavy atom. The zero-order valence-electron chi connectivity index (χ0n) is 11.9. The number of anilines is 1. The third-order valence-electron chi connectivity index (χ3n) is 4.53. The van der Waals surface area contributed by atoms with Crippen LogP contribution in [0.4, 0.5) is 5.95 Å². The molecular formula is C16H23N3. The molecule has 0 unspecified atom stereocenters. The number of rotatable bonds is 2. The average molecular weight is 257 g/mol. The predicted octanol–water partition coefficient (Wildman–Crippen LogP) is 3.90. The molecule has 2 N–H and O–H groups in total. The summed E-state index contributed by atoms with van der Waals surface area (Å²) in [6, 6.07) is 6.41. The number of nitrogen functional groups attached to an aromatic ring is 1. The maximum atomic E-state index is 6.13. The highest BCUT2D eigenvalue weighted by Gasteiger charge is 2.28. The van der Waals surface area contributed by atoms with Crippen molar-refractivity contribution in [2.24, 2.45) is 5.41 Å². The van der Waals surface area contributed by atoms with E-state index in [2.05, 4.69) is 41.6 Å². The van der Waals surface area contributed by atoms with Crippen LogP contribution in [-0.2, 0) is 6.54 Å². The molecule has 1 fully saturated rings. The second-order valence-corrected chi connectivity index (χ2v) is 6.42. The topological polar surface area (TPSA) is 43.8 Å². The van der Waals surface area contributed by atoms with Gasteiger partial charge in [-0.25, -0.2) is 4.98 Å². The van der Waals surface area contributed by atoms with Crippen LogP contribution in [0.1, 0.15) is 44.6 Å². The van der Waals surface area contributed by atoms with Gasteiger partial charge in [0.15, 0.2) is 0 Å². The van der Waals surface area contributed by atoms with Gasteiger partial charge in [0.25, 0.3) is 0 Å². The van der Waals surface area contributed by atoms with Crippen molar-refractivity contribution in [3.63, 3.8) is 0 Å². The Kier molecular flexibility index (Phi) is 3.00. The Hall–Kier alpha value is -1.51. The number of fused-ring (bicyclic) bond motifs is 1. The predicted molar refractivity (Wildman–Crippen MR) is 80.1 cm³/mol. The molecule has 0 radical (unpaired) electrons. The third-order valence-corrected chi connectivity index (χ3v) is 4.53. The first-order valence-corrected chi connectivity index (χ1v) is 7.30. The highest BCUT2D eigenvalue weighted by Crippen LogP contribution is 2.38. The van der Waals surface area contributed by atoms with Gasteiger partial charge >= 0.3 is 0 Å². The van der Waals surface area contributed by atoms with Crippen molar-refractivity contribution in [2.45, 2.75) is 52.5 Å². The second-order valence-electron chi connectivity index (χ2n) is 6.42. The summed E-state index contributed by atoms with van der Waals surface area (Å²) in [6.07, 6.45) is 6.69. The maximum absolute atomic E-state index is 6.13. The Bertz CT molecular complexity index is 591. The van der Waals surface area contributed by atoms with Crippen molar-refractivity contribution >= 4 is 17.0 Å². The molecule has 1 aliphatic carbocycles. The minimum absolute atomic E-state index is 0.380. The average Bonchev–Trinajstić information content (AvgIpc) is 2.65. The van der Waals surface area contributed by atoms with E-state index < -0.39 is 0 Å². The number of benzene rings is 1. The van der Waals surface area contributed by atoms with Crippen molar-refractivity contribution in [1.29, 1.82) is 0 Å². The molecule has 1 aromatic heterocycles. The number of hydrogen-bond acceptors (Lipinski definition) is 2. The van der Waals surface area contributed by atoms with Crippen molar-refractivity contribution < 1.29 is 0 Å². The normalized spacial score (nSPS) is 18.8. The monoisotopic (exact) mass is 257 g/mol. The van der Waals surface area contributed by atoms with E-state index in [1.807, 2.05) is 0 Å². The van der Waals surface area contributed by atoms with E-state index in [1.165, 1.54) is 43.2 Å². The fourth-order valence-corrected chi connectivity index (χ4v) is 3.37. The highest BCUT2D eigenvalue weighted by molar-refractivity contribution is 5.79. The van der Waals surface area contributed by atoms with E-state index in [0.717, 1.165) is 12.1 Å². The lowest BCUT2D eigenvalue weighted by atomic mass is 9.75. The van der Waals surface area contributed by atoms with Gasteiger partial charge in [0, 0.05) is 6.54 Å². The standard InChI is InChI=1S/C16H23N3/c1-12-6-7-14-13(10-12)18-15(17)19(14)11-16(2)8-4-3-5-9-16/h6-7,10H,3-5,8-9,11H2,1-2H3,(H2,17,18). The lowest BCUT2D eigenvalue weighted by Gasteiger charge is -2.34. The van der Waals surface area contributed by atoms with Crippen LogP contribution in [0.25, 0.3) is 11.0 Å². The van der Waals surface area contributed by atoms with E-state index in [1.54, 1.807) is 0 Å². The molecule has 3 heteroatoms. The zero-order valence-corrected chi connectivity index (χ0v) is 11.9. The SMILES string of the molecule is Cc1ccc2c(c1)nc(N)n2CC1(C)CCCCC1. The van der Waals surface area contributed by atoms with Crippen LogP contribution >= 0.6 is 0 Å². The van der Waals surface area contributed by atoms with Crippen LogP contribution in [0.3, 0.4) is 0 Å². The Morgan fingerprint density at radius 1 is 1.26 bits per heavy atom. The molecule has 0 atom stereocenters. The summed E-state index contributed by atoms with van der Waals surface area (Å²) >= 11 is 0. The summed E-state index contributed by atoms with van der Waals surface area (Å²) in [5, 5.41) is 0. The number of nitrogens with zero attached hydrogens (tertiary/aromatic N) is 2. The molecule has 0 saturated heterocycles. The van der Waals surface area contributed by atoms with E-state index in [0.29, 0.717) is 11.4 Å². The van der Waals surface area contributed by atoms with E-state index >= 15 is 0 Å². The Labute approximate surface area is 114 Å². The van der Waals surface area contributed by atoms with Gasteiger partial charge in [-0.3, -0.25) is 0 Å². The van der Waals surface area contributed by atoms with Crippen molar-refractivity contribution in [3.05, 3.63) is 23.8 Å². The van der Waals surface area contributed by atoms with Gasteiger partial charge in [-0.15, -0.1) is 0 Å². The summed E-state index contributed by atoms with van der Waals surface area (Å²) in [6.45, 7) is 5.49. The number of aryl methyl sites for hydroxylation is 1. The summed E-state index contributed by atoms with van der Waals surface area (Å²) in [4.78, 5) is 4.51. The fraction of sp³-hybridized carbons (Fsp3) is 0.562. The van der Waals surface area contributed by atoms with E-state index in [-0.39, 0.29) is 0 Å². The molecule has 3 rings (SSSR count). The van der Waals surface area contributed by atoms with Crippen LogP contribution in [0.5, 0.6) is 0 Å². The molecule has 102 valence electrons. The molecule has 2 aromatic rings. The van der Waals surface area contributed by atoms with Gasteiger partial charge in [0.05, 0.1) is 11.0 Å². The Balaban J connectivity index is 1.98. The van der Waals surface area contributed by atoms with Crippen LogP contribution in [0, 0.1) is 12.3 Å². The van der Waals surface area contributed by atoms with E-state index in [9.17, 15) is 0 Å². The summed E-state index contributed by atoms with van der Waals surface area (Å²) in [5.41, 5.74) is 9.95. The maximum Gasteiger partial charge on any atom is 0.201 e. The van der Waals surface area contributed by atoms with Crippen LogP contribution < -0.4 is 5.73 Å². The molecule has 1 heterocycles. The molecule has 1 aromatic carbocycles. The first kappa shape index (κ1) is 12.5. The van der Waals surface area contributed by atoms with Crippen molar-refractivity contribution in [2.75, 3.05) is 5.73 Å². The molecule has 0 aliphatic heterocycles. The number of imidazole rings is 1. The summed E-state index contributed by atoms with van der Waals surface area (Å²) in [5.74, 6) is 0.660. The van der Waals surface area contributed by atoms with Gasteiger partial charge in [0.2, 0.25) is 5.95 Å². The van der Waals surface area contributed by atoms with Gasteiger partial charge in [-0.2, -0.15) is 0 Å². The van der Waals surface area contributed by atoms with Crippen molar-refractivity contribution in [3.8, 4) is 0 Å². The van der Waals surface area contributed by atoms with Crippen LogP contribution in [0.15, 0.2) is 18.2 Å². The highest BCUT2D eigenvalue weighted by atomic mass is 15.2. The first-order chi connectivity index (χ1) is 9.07. The molecular weight excluding hydrogens is 234 g/mol. The molecule has 0 amide bonds. The number of aromatic nitrogens is 2. The number of nitrogens with two attached hydrogens (primary N) is 1. The van der Waals surface area contributed by atoms with Gasteiger partial charge in [-0.05, 0) is 42.9 Å². The van der Waals surface area contributed by atoms with Gasteiger partial charge in [0.1, 0.15) is 0 Å². The second kappa shape index (κ2) is 4.55. The molecule has 1 aliphatic rings. The van der Waals surface area contributed by atoms with Crippen LogP contribution in [-0.4, -0.2) is 9.55 Å². The molecule has 0 spiro atoms. The summed E-state index contributed by atoms with van der Waals surface area (Å²) in [7, 11) is 0. The van der Waals surface area contributed by atoms with Gasteiger partial charge in [-0.1, -0.05) is 32.3 Å². The van der Waals surface area contributed by atoms with E-state index in [4.69, 9.17) is 5.73 Å². The minimum Gasteiger partial charge on any atom is -0.369 e. The van der Waals surface area contributed by atoms with Crippen LogP contribution in [0.2, 0.25) is 0 Å². The smallest absolute Gasteiger partial charge is 0.201 e. The first-order valence-electron chi connectivity index (χ1n) is 7.30. The molecule has 19 heavy (non-hydrogen) atoms. The molecule has 1 saturated carbocycles. The largest absolute Gasteiger partial charge is 0.369 e. The fourth-order valence-electron chi connectivity index (χ4n) is 3.37. The number of hydrogen-bond donors (Lipinski definition) is 1. The van der Waals surface area contributed by atoms with Gasteiger partial charge < -0.3 is 10.3 Å². The quantitative estimate of drug-likeness (QED) is 0.886. The minimum atomic E-state index is 0.380. The zero-order chi connectivity index (χ0) is 13.5. The Morgan fingerprint density at radius 2 is 2.00 bits per heavy atom. The third kappa shape index (κ3) is 2.34. The molecule has 0 bridgehead atoms. The molecule has 3 nitrogen and oxygen atoms in total. The summed E-state index contributed by atoms with van der Waals surface area (Å²) < 4.78 is 2.21.